The second-order valence-corrected chi connectivity index (χ2v) is 4.55. The number of anilines is 1. The summed E-state index contributed by atoms with van der Waals surface area (Å²) in [4.78, 5) is 22.5. The normalized spacial score (nSPS) is 11.8. The fourth-order valence-electron chi connectivity index (χ4n) is 1.96. The predicted molar refractivity (Wildman–Crippen MR) is 78.9 cm³/mol. The van der Waals surface area contributed by atoms with Crippen molar-refractivity contribution in [2.24, 2.45) is 5.84 Å². The average molecular weight is 296 g/mol. The first-order valence-corrected chi connectivity index (χ1v) is 6.58. The summed E-state index contributed by atoms with van der Waals surface area (Å²) in [6.07, 6.45) is 1.66. The molecule has 8 heteroatoms. The first-order valence-electron chi connectivity index (χ1n) is 6.58. The fraction of sp³-hybridized carbons (Fsp3) is 0.462. The van der Waals surface area contributed by atoms with Crippen molar-refractivity contribution < 1.29 is 14.5 Å². The summed E-state index contributed by atoms with van der Waals surface area (Å²) in [5, 5.41) is 13.7. The van der Waals surface area contributed by atoms with Crippen molar-refractivity contribution in [3.63, 3.8) is 0 Å². The molecule has 1 unspecified atom stereocenters. The maximum Gasteiger partial charge on any atom is 0.294 e. The Bertz CT molecular complexity index is 501. The molecule has 1 aromatic carbocycles. The number of hydrogen-bond donors (Lipinski definition) is 3. The number of rotatable bonds is 8. The third kappa shape index (κ3) is 4.69. The molecule has 21 heavy (non-hydrogen) atoms. The minimum absolute atomic E-state index is 0.126. The summed E-state index contributed by atoms with van der Waals surface area (Å²) in [6, 6.07) is 3.95. The van der Waals surface area contributed by atoms with Crippen LogP contribution in [0.3, 0.4) is 0 Å². The molecule has 0 spiro atoms. The summed E-state index contributed by atoms with van der Waals surface area (Å²) in [5.41, 5.74) is 2.34. The van der Waals surface area contributed by atoms with Gasteiger partial charge in [0.05, 0.1) is 17.6 Å². The second kappa shape index (κ2) is 8.18. The minimum Gasteiger partial charge on any atom is -0.383 e. The highest BCUT2D eigenvalue weighted by Gasteiger charge is 2.18. The minimum atomic E-state index is -0.593. The molecule has 0 saturated carbocycles. The Labute approximate surface area is 122 Å². The van der Waals surface area contributed by atoms with Crippen molar-refractivity contribution in [3.05, 3.63) is 33.9 Å². The number of benzene rings is 1. The number of amides is 1. The van der Waals surface area contributed by atoms with E-state index in [1.165, 1.54) is 18.2 Å². The van der Waals surface area contributed by atoms with E-state index in [0.717, 1.165) is 12.8 Å². The Hall–Kier alpha value is -2.19. The van der Waals surface area contributed by atoms with Gasteiger partial charge in [-0.05, 0) is 18.6 Å². The number of nitrogens with two attached hydrogens (primary N) is 1. The highest BCUT2D eigenvalue weighted by molar-refractivity contribution is 5.95. The molecule has 0 aromatic heterocycles. The lowest BCUT2D eigenvalue weighted by Gasteiger charge is -2.17. The van der Waals surface area contributed by atoms with E-state index in [9.17, 15) is 14.9 Å². The Morgan fingerprint density at radius 1 is 1.52 bits per heavy atom. The third-order valence-electron chi connectivity index (χ3n) is 2.95. The van der Waals surface area contributed by atoms with Crippen molar-refractivity contribution in [3.8, 4) is 0 Å². The van der Waals surface area contributed by atoms with Crippen LogP contribution < -0.4 is 16.6 Å². The lowest BCUT2D eigenvalue weighted by molar-refractivity contribution is -0.384. The number of carbonyl (C=O) groups excluding carboxylic acids is 1. The highest BCUT2D eigenvalue weighted by atomic mass is 16.6. The first kappa shape index (κ1) is 16.9. The maximum absolute atomic E-state index is 12.1. The highest BCUT2D eigenvalue weighted by Crippen LogP contribution is 2.24. The second-order valence-electron chi connectivity index (χ2n) is 4.55. The number of carbonyl (C=O) groups is 1. The largest absolute Gasteiger partial charge is 0.383 e. The monoisotopic (exact) mass is 296 g/mol. The fourth-order valence-corrected chi connectivity index (χ4v) is 1.96. The van der Waals surface area contributed by atoms with Crippen molar-refractivity contribution in [2.45, 2.75) is 25.8 Å². The van der Waals surface area contributed by atoms with Crippen LogP contribution in [0.15, 0.2) is 18.2 Å². The van der Waals surface area contributed by atoms with Gasteiger partial charge in [0, 0.05) is 18.7 Å². The van der Waals surface area contributed by atoms with Crippen LogP contribution in [0.1, 0.15) is 30.1 Å². The van der Waals surface area contributed by atoms with E-state index >= 15 is 0 Å². The molecule has 0 aliphatic heterocycles. The number of nitro benzene ring substituents is 1. The van der Waals surface area contributed by atoms with Gasteiger partial charge < -0.3 is 15.5 Å². The van der Waals surface area contributed by atoms with E-state index in [1.807, 2.05) is 6.92 Å². The molecule has 0 heterocycles. The molecule has 1 aromatic rings. The van der Waals surface area contributed by atoms with Gasteiger partial charge in [-0.15, -0.1) is 0 Å². The van der Waals surface area contributed by atoms with Crippen molar-refractivity contribution >= 4 is 17.3 Å². The van der Waals surface area contributed by atoms with Crippen LogP contribution in [0.5, 0.6) is 0 Å². The summed E-state index contributed by atoms with van der Waals surface area (Å²) in [7, 11) is 1.56. The zero-order valence-corrected chi connectivity index (χ0v) is 12.1. The molecular formula is C13H20N4O4. The standard InChI is InChI=1S/C13H20N4O4/c1-3-4-10(8-21-2)15-13(18)9-5-6-11(16-14)12(7-9)17(19)20/h5-7,10,16H,3-4,8,14H2,1-2H3,(H,15,18). The maximum atomic E-state index is 12.1. The Morgan fingerprint density at radius 2 is 2.24 bits per heavy atom. The zero-order valence-electron chi connectivity index (χ0n) is 12.1. The molecule has 1 rings (SSSR count). The number of methoxy groups -OCH3 is 1. The number of nitrogen functional groups attached to an aromatic ring is 1. The van der Waals surface area contributed by atoms with Crippen LogP contribution in [0, 0.1) is 10.1 Å². The van der Waals surface area contributed by atoms with Crippen LogP contribution in [0.2, 0.25) is 0 Å². The summed E-state index contributed by atoms with van der Waals surface area (Å²) in [6.45, 7) is 2.39. The Kier molecular flexibility index (Phi) is 6.57. The molecule has 0 fully saturated rings. The number of ether oxygens (including phenoxy) is 1. The van der Waals surface area contributed by atoms with Gasteiger partial charge in [-0.2, -0.15) is 0 Å². The third-order valence-corrected chi connectivity index (χ3v) is 2.95. The van der Waals surface area contributed by atoms with Gasteiger partial charge in [0.1, 0.15) is 5.69 Å². The topological polar surface area (TPSA) is 120 Å². The van der Waals surface area contributed by atoms with Crippen molar-refractivity contribution in [2.75, 3.05) is 19.1 Å². The van der Waals surface area contributed by atoms with Crippen molar-refractivity contribution in [1.82, 2.24) is 5.32 Å². The summed E-state index contributed by atoms with van der Waals surface area (Å²) < 4.78 is 5.04. The van der Waals surface area contributed by atoms with Gasteiger partial charge in [-0.25, -0.2) is 0 Å². The van der Waals surface area contributed by atoms with E-state index in [-0.39, 0.29) is 28.9 Å². The van der Waals surface area contributed by atoms with Crippen molar-refractivity contribution in [1.29, 1.82) is 0 Å². The smallest absolute Gasteiger partial charge is 0.294 e. The Balaban J connectivity index is 2.91. The molecule has 0 radical (unpaired) electrons. The van der Waals surface area contributed by atoms with Gasteiger partial charge >= 0.3 is 0 Å². The van der Waals surface area contributed by atoms with Crippen LogP contribution in [-0.2, 0) is 4.74 Å². The van der Waals surface area contributed by atoms with E-state index in [2.05, 4.69) is 10.7 Å². The molecule has 8 nitrogen and oxygen atoms in total. The molecule has 0 bridgehead atoms. The lowest BCUT2D eigenvalue weighted by atomic mass is 10.1. The SMILES string of the molecule is CCCC(COC)NC(=O)c1ccc(NN)c([N+](=O)[O-])c1. The summed E-state index contributed by atoms with van der Waals surface area (Å²) >= 11 is 0. The average Bonchev–Trinajstić information content (AvgIpc) is 2.46. The zero-order chi connectivity index (χ0) is 15.8. The number of nitro groups is 1. The van der Waals surface area contributed by atoms with Crippen LogP contribution in [-0.4, -0.2) is 30.6 Å². The first-order chi connectivity index (χ1) is 10.0. The van der Waals surface area contributed by atoms with Crippen LogP contribution in [0.4, 0.5) is 11.4 Å². The molecule has 4 N–H and O–H groups in total. The quantitative estimate of drug-likeness (QED) is 0.379. The molecular weight excluding hydrogens is 276 g/mol. The number of hydrogen-bond acceptors (Lipinski definition) is 6. The summed E-state index contributed by atoms with van der Waals surface area (Å²) in [5.74, 6) is 4.83. The van der Waals surface area contributed by atoms with Gasteiger partial charge in [-0.1, -0.05) is 13.3 Å². The van der Waals surface area contributed by atoms with Gasteiger partial charge in [0.15, 0.2) is 0 Å². The molecule has 116 valence electrons. The Morgan fingerprint density at radius 3 is 2.76 bits per heavy atom. The van der Waals surface area contributed by atoms with Crippen LogP contribution in [0.25, 0.3) is 0 Å². The lowest BCUT2D eigenvalue weighted by Crippen LogP contribution is -2.37. The molecule has 1 amide bonds. The van der Waals surface area contributed by atoms with E-state index in [4.69, 9.17) is 10.6 Å². The number of nitrogens with zero attached hydrogens (tertiary/aromatic N) is 1. The van der Waals surface area contributed by atoms with Gasteiger partial charge in [0.2, 0.25) is 0 Å². The molecule has 0 saturated heterocycles. The van der Waals surface area contributed by atoms with Crippen LogP contribution >= 0.6 is 0 Å². The molecule has 1 atom stereocenters. The van der Waals surface area contributed by atoms with E-state index < -0.39 is 4.92 Å². The number of nitrogens with one attached hydrogen (secondary N) is 2. The molecule has 0 aliphatic rings. The van der Waals surface area contributed by atoms with E-state index in [0.29, 0.717) is 6.61 Å². The number of hydrazine groups is 1. The predicted octanol–water partition coefficient (Wildman–Crippen LogP) is 1.43. The van der Waals surface area contributed by atoms with E-state index in [1.54, 1.807) is 7.11 Å². The van der Waals surface area contributed by atoms with Gasteiger partial charge in [-0.3, -0.25) is 20.8 Å². The van der Waals surface area contributed by atoms with Gasteiger partial charge in [0.25, 0.3) is 11.6 Å². The molecule has 0 aliphatic carbocycles.